The summed E-state index contributed by atoms with van der Waals surface area (Å²) in [4.78, 5) is 28.6. The Morgan fingerprint density at radius 1 is 1.38 bits per heavy atom. The number of amides is 1. The number of halogens is 1. The van der Waals surface area contributed by atoms with Crippen LogP contribution in [-0.2, 0) is 9.63 Å². The van der Waals surface area contributed by atoms with Crippen molar-refractivity contribution in [1.82, 2.24) is 20.6 Å². The second-order valence-corrected chi connectivity index (χ2v) is 7.12. The van der Waals surface area contributed by atoms with Gasteiger partial charge < -0.3 is 14.9 Å². The Labute approximate surface area is 159 Å². The first-order valence-electron chi connectivity index (χ1n) is 8.41. The zero-order chi connectivity index (χ0) is 18.7. The summed E-state index contributed by atoms with van der Waals surface area (Å²) in [6, 6.07) is 3.62. The number of aromatic nitrogens is 2. The number of rotatable bonds is 5. The molecule has 8 nitrogen and oxygen atoms in total. The van der Waals surface area contributed by atoms with Gasteiger partial charge in [0.2, 0.25) is 0 Å². The van der Waals surface area contributed by atoms with Crippen molar-refractivity contribution in [3.8, 4) is 5.75 Å². The van der Waals surface area contributed by atoms with Crippen LogP contribution < -0.4 is 10.1 Å². The van der Waals surface area contributed by atoms with Crippen molar-refractivity contribution in [2.45, 2.75) is 19.8 Å². The Morgan fingerprint density at radius 2 is 2.12 bits per heavy atom. The van der Waals surface area contributed by atoms with E-state index in [9.17, 15) is 9.59 Å². The van der Waals surface area contributed by atoms with Crippen LogP contribution in [0.3, 0.4) is 0 Å². The van der Waals surface area contributed by atoms with E-state index in [-0.39, 0.29) is 11.9 Å². The summed E-state index contributed by atoms with van der Waals surface area (Å²) in [5.74, 6) is 0.510. The molecule has 1 aromatic heterocycles. The van der Waals surface area contributed by atoms with E-state index < -0.39 is 0 Å². The molecule has 0 unspecified atom stereocenters. The van der Waals surface area contributed by atoms with Crippen molar-refractivity contribution in [1.29, 1.82) is 0 Å². The number of nitrogens with zero attached hydrogens (tertiary/aromatic N) is 2. The number of H-pyrrole nitrogens is 1. The lowest BCUT2D eigenvalue weighted by atomic mass is 9.98. The molecular weight excluding hydrogens is 404 g/mol. The van der Waals surface area contributed by atoms with Gasteiger partial charge in [-0.1, -0.05) is 0 Å². The number of ether oxygens (including phenoxy) is 1. The van der Waals surface area contributed by atoms with Crippen molar-refractivity contribution in [2.75, 3.05) is 26.7 Å². The van der Waals surface area contributed by atoms with Crippen LogP contribution in [0.15, 0.2) is 16.6 Å². The van der Waals surface area contributed by atoms with Crippen molar-refractivity contribution in [2.24, 2.45) is 5.92 Å². The van der Waals surface area contributed by atoms with Crippen molar-refractivity contribution in [3.05, 3.63) is 22.3 Å². The lowest BCUT2D eigenvalue weighted by Crippen LogP contribution is -2.39. The minimum Gasteiger partial charge on any atom is -0.495 e. The van der Waals surface area contributed by atoms with Crippen LogP contribution in [0.1, 0.15) is 30.3 Å². The highest BCUT2D eigenvalue weighted by Gasteiger charge is 2.23. The molecule has 1 saturated heterocycles. The first-order valence-corrected chi connectivity index (χ1v) is 9.20. The Kier molecular flexibility index (Phi) is 5.77. The number of fused-ring (bicyclic) bond motifs is 1. The average Bonchev–Trinajstić information content (AvgIpc) is 3.02. The number of aromatic amines is 1. The zero-order valence-corrected chi connectivity index (χ0v) is 16.3. The maximum Gasteiger partial charge on any atom is 0.322 e. The largest absolute Gasteiger partial charge is 0.495 e. The molecule has 26 heavy (non-hydrogen) atoms. The van der Waals surface area contributed by atoms with Gasteiger partial charge in [0.1, 0.15) is 5.75 Å². The number of methoxy groups -OCH3 is 1. The summed E-state index contributed by atoms with van der Waals surface area (Å²) in [6.45, 7) is 3.32. The fourth-order valence-corrected chi connectivity index (χ4v) is 3.56. The molecule has 1 aliphatic rings. The molecule has 0 radical (unpaired) electrons. The van der Waals surface area contributed by atoms with Gasteiger partial charge in [0.15, 0.2) is 5.69 Å². The Morgan fingerprint density at radius 3 is 2.77 bits per heavy atom. The van der Waals surface area contributed by atoms with E-state index in [2.05, 4.69) is 31.4 Å². The molecule has 0 aliphatic carbocycles. The summed E-state index contributed by atoms with van der Waals surface area (Å²) in [6.07, 6.45) is 1.72. The lowest BCUT2D eigenvalue weighted by molar-refractivity contribution is -0.193. The molecule has 0 bridgehead atoms. The van der Waals surface area contributed by atoms with E-state index in [0.717, 1.165) is 28.2 Å². The summed E-state index contributed by atoms with van der Waals surface area (Å²) < 4.78 is 6.02. The number of hydroxylamine groups is 2. The number of carbonyl (C=O) groups excluding carboxylic acids is 2. The van der Waals surface area contributed by atoms with E-state index in [1.54, 1.807) is 18.2 Å². The number of hydrogen-bond donors (Lipinski definition) is 2. The minimum absolute atomic E-state index is 0.212. The van der Waals surface area contributed by atoms with Crippen molar-refractivity contribution in [3.63, 3.8) is 0 Å². The second-order valence-electron chi connectivity index (χ2n) is 6.27. The Bertz CT molecular complexity index is 814. The molecule has 0 saturated carbocycles. The standard InChI is InChI=1S/C17H21BrN4O4/c1-10(23)26-22-5-3-11(4-6-22)9-19-17(24)16-12-7-13(18)15(25-2)8-14(12)20-21-16/h7-8,11H,3-6,9H2,1-2H3,(H,19,24)(H,20,21). The molecule has 2 aromatic rings. The van der Waals surface area contributed by atoms with Gasteiger partial charge in [-0.3, -0.25) is 14.7 Å². The van der Waals surface area contributed by atoms with Gasteiger partial charge in [-0.15, -0.1) is 5.06 Å². The zero-order valence-electron chi connectivity index (χ0n) is 14.7. The SMILES string of the molecule is COc1cc2[nH]nc(C(=O)NCC3CCN(OC(C)=O)CC3)c2cc1Br. The number of carbonyl (C=O) groups is 2. The van der Waals surface area contributed by atoms with Gasteiger partial charge in [-0.05, 0) is 40.8 Å². The smallest absolute Gasteiger partial charge is 0.322 e. The number of hydrogen-bond acceptors (Lipinski definition) is 6. The normalized spacial score (nSPS) is 15.8. The molecule has 1 amide bonds. The third-order valence-corrected chi connectivity index (χ3v) is 5.05. The number of piperidine rings is 1. The molecule has 140 valence electrons. The predicted octanol–water partition coefficient (Wildman–Crippen LogP) is 2.25. The summed E-state index contributed by atoms with van der Waals surface area (Å²) in [5, 5.41) is 12.4. The van der Waals surface area contributed by atoms with Crippen LogP contribution in [-0.4, -0.2) is 53.9 Å². The molecule has 2 heterocycles. The molecule has 0 spiro atoms. The molecule has 1 aromatic carbocycles. The van der Waals surface area contributed by atoms with Crippen LogP contribution in [0.4, 0.5) is 0 Å². The van der Waals surface area contributed by atoms with Crippen LogP contribution in [0, 0.1) is 5.92 Å². The first kappa shape index (κ1) is 18.7. The van der Waals surface area contributed by atoms with Gasteiger partial charge in [-0.2, -0.15) is 5.10 Å². The number of benzene rings is 1. The highest BCUT2D eigenvalue weighted by molar-refractivity contribution is 9.10. The highest BCUT2D eigenvalue weighted by atomic mass is 79.9. The van der Waals surface area contributed by atoms with Gasteiger partial charge in [0.05, 0.1) is 17.1 Å². The summed E-state index contributed by atoms with van der Waals surface area (Å²) in [7, 11) is 1.59. The highest BCUT2D eigenvalue weighted by Crippen LogP contribution is 2.30. The number of nitrogens with one attached hydrogen (secondary N) is 2. The molecular formula is C17H21BrN4O4. The summed E-state index contributed by atoms with van der Waals surface area (Å²) in [5.41, 5.74) is 1.10. The predicted molar refractivity (Wildman–Crippen MR) is 98.7 cm³/mol. The second kappa shape index (κ2) is 8.05. The topological polar surface area (TPSA) is 96.5 Å². The Balaban J connectivity index is 1.58. The molecule has 0 atom stereocenters. The third kappa shape index (κ3) is 4.16. The third-order valence-electron chi connectivity index (χ3n) is 4.43. The molecule has 2 N–H and O–H groups in total. The molecule has 9 heteroatoms. The fraction of sp³-hybridized carbons (Fsp3) is 0.471. The van der Waals surface area contributed by atoms with Crippen LogP contribution >= 0.6 is 15.9 Å². The van der Waals surface area contributed by atoms with E-state index in [1.165, 1.54) is 6.92 Å². The Hall–Kier alpha value is -2.13. The van der Waals surface area contributed by atoms with Gasteiger partial charge in [0, 0.05) is 38.0 Å². The summed E-state index contributed by atoms with van der Waals surface area (Å²) >= 11 is 3.43. The molecule has 3 rings (SSSR count). The van der Waals surface area contributed by atoms with E-state index in [0.29, 0.717) is 37.0 Å². The maximum absolute atomic E-state index is 12.5. The molecule has 1 aliphatic heterocycles. The van der Waals surface area contributed by atoms with Crippen LogP contribution in [0.25, 0.3) is 10.9 Å². The minimum atomic E-state index is -0.301. The maximum atomic E-state index is 12.5. The quantitative estimate of drug-likeness (QED) is 0.763. The van der Waals surface area contributed by atoms with E-state index in [4.69, 9.17) is 9.57 Å². The molecule has 1 fully saturated rings. The van der Waals surface area contributed by atoms with Crippen LogP contribution in [0.5, 0.6) is 5.75 Å². The average molecular weight is 425 g/mol. The van der Waals surface area contributed by atoms with E-state index in [1.807, 2.05) is 6.07 Å². The monoisotopic (exact) mass is 424 g/mol. The van der Waals surface area contributed by atoms with Gasteiger partial charge >= 0.3 is 5.97 Å². The van der Waals surface area contributed by atoms with Crippen molar-refractivity contribution < 1.29 is 19.2 Å². The lowest BCUT2D eigenvalue weighted by Gasteiger charge is -2.30. The van der Waals surface area contributed by atoms with Crippen molar-refractivity contribution >= 4 is 38.7 Å². The van der Waals surface area contributed by atoms with Gasteiger partial charge in [0.25, 0.3) is 5.91 Å². The first-order chi connectivity index (χ1) is 12.5. The fourth-order valence-electron chi connectivity index (χ4n) is 3.05. The van der Waals surface area contributed by atoms with E-state index >= 15 is 0 Å². The van der Waals surface area contributed by atoms with Crippen LogP contribution in [0.2, 0.25) is 0 Å². The van der Waals surface area contributed by atoms with Gasteiger partial charge in [-0.25, -0.2) is 0 Å².